The minimum absolute atomic E-state index is 0.0314. The molecule has 2 saturated heterocycles. The largest absolute Gasteiger partial charge is 0.381 e. The van der Waals surface area contributed by atoms with Crippen molar-refractivity contribution in [3.05, 3.63) is 26.7 Å². The van der Waals surface area contributed by atoms with E-state index >= 15 is 0 Å². The summed E-state index contributed by atoms with van der Waals surface area (Å²) in [5, 5.41) is 0.903. The summed E-state index contributed by atoms with van der Waals surface area (Å²) in [7, 11) is 0. The molecule has 0 radical (unpaired) electrons. The van der Waals surface area contributed by atoms with Crippen LogP contribution in [0.25, 0.3) is 10.9 Å². The first kappa shape index (κ1) is 14.9. The molecule has 2 unspecified atom stereocenters. The molecular formula is C14H11BrCl2FN3O. The van der Waals surface area contributed by atoms with Crippen molar-refractivity contribution >= 4 is 55.9 Å². The molecule has 0 amide bonds. The lowest BCUT2D eigenvalue weighted by Gasteiger charge is -2.20. The normalized spacial score (nSPS) is 24.3. The Morgan fingerprint density at radius 2 is 1.91 bits per heavy atom. The van der Waals surface area contributed by atoms with Crippen LogP contribution in [0.3, 0.4) is 0 Å². The van der Waals surface area contributed by atoms with E-state index in [1.807, 2.05) is 0 Å². The molecule has 0 spiro atoms. The Morgan fingerprint density at radius 1 is 1.23 bits per heavy atom. The molecule has 2 fully saturated rings. The molecule has 3 heterocycles. The van der Waals surface area contributed by atoms with Crippen LogP contribution in [-0.2, 0) is 4.74 Å². The highest BCUT2D eigenvalue weighted by Gasteiger charge is 2.38. The van der Waals surface area contributed by atoms with Crippen molar-refractivity contribution in [1.29, 1.82) is 0 Å². The van der Waals surface area contributed by atoms with E-state index in [2.05, 4.69) is 30.8 Å². The number of fused-ring (bicyclic) bond motifs is 2. The van der Waals surface area contributed by atoms with Gasteiger partial charge in [-0.25, -0.2) is 9.37 Å². The van der Waals surface area contributed by atoms with Gasteiger partial charge >= 0.3 is 0 Å². The van der Waals surface area contributed by atoms with E-state index in [9.17, 15) is 4.39 Å². The number of anilines is 1. The van der Waals surface area contributed by atoms with Gasteiger partial charge in [-0.05, 0) is 33.6 Å². The molecule has 116 valence electrons. The maximum absolute atomic E-state index is 14.4. The molecular weight excluding hydrogens is 396 g/mol. The van der Waals surface area contributed by atoms with Crippen LogP contribution in [0.4, 0.5) is 10.2 Å². The zero-order valence-electron chi connectivity index (χ0n) is 11.3. The first-order chi connectivity index (χ1) is 10.5. The molecule has 0 saturated carbocycles. The summed E-state index contributed by atoms with van der Waals surface area (Å²) < 4.78 is 20.1. The van der Waals surface area contributed by atoms with Gasteiger partial charge in [0.05, 0.1) is 22.7 Å². The number of nitrogens with zero attached hydrogens (tertiary/aromatic N) is 3. The second kappa shape index (κ2) is 5.44. The maximum Gasteiger partial charge on any atom is 0.225 e. The Labute approximate surface area is 144 Å². The van der Waals surface area contributed by atoms with Crippen LogP contribution < -0.4 is 4.90 Å². The van der Waals surface area contributed by atoms with Gasteiger partial charge in [0.1, 0.15) is 11.3 Å². The molecule has 22 heavy (non-hydrogen) atoms. The zero-order valence-corrected chi connectivity index (χ0v) is 14.4. The molecule has 0 bridgehead atoms. The Morgan fingerprint density at radius 3 is 2.59 bits per heavy atom. The van der Waals surface area contributed by atoms with E-state index < -0.39 is 5.82 Å². The monoisotopic (exact) mass is 405 g/mol. The van der Waals surface area contributed by atoms with Crippen molar-refractivity contribution in [2.75, 3.05) is 31.2 Å². The number of benzene rings is 1. The highest BCUT2D eigenvalue weighted by Crippen LogP contribution is 2.38. The summed E-state index contributed by atoms with van der Waals surface area (Å²) >= 11 is 15.2. The SMILES string of the molecule is Fc1c(Br)c(Cl)cc2c(N3CC4COCC4C3)nc(Cl)nc12. The van der Waals surface area contributed by atoms with Crippen LogP contribution in [0.5, 0.6) is 0 Å². The van der Waals surface area contributed by atoms with Crippen LogP contribution in [0.2, 0.25) is 10.3 Å². The van der Waals surface area contributed by atoms with Gasteiger partial charge in [0, 0.05) is 30.3 Å². The summed E-state index contributed by atoms with van der Waals surface area (Å²) in [4.78, 5) is 10.5. The van der Waals surface area contributed by atoms with Crippen LogP contribution >= 0.6 is 39.1 Å². The van der Waals surface area contributed by atoms with E-state index in [0.717, 1.165) is 26.3 Å². The second-order valence-electron chi connectivity index (χ2n) is 5.66. The van der Waals surface area contributed by atoms with Gasteiger partial charge in [-0.3, -0.25) is 0 Å². The van der Waals surface area contributed by atoms with Crippen LogP contribution in [0, 0.1) is 17.7 Å². The summed E-state index contributed by atoms with van der Waals surface area (Å²) in [6, 6.07) is 1.68. The average Bonchev–Trinajstić information content (AvgIpc) is 3.06. The summed E-state index contributed by atoms with van der Waals surface area (Å²) in [6.07, 6.45) is 0. The standard InChI is InChI=1S/C14H11BrCl2FN3O/c15-10-9(16)1-8-12(11(10)18)19-14(17)20-13(8)21-2-6-4-22-5-7(6)3-21/h1,6-7H,2-5H2. The summed E-state index contributed by atoms with van der Waals surface area (Å²) in [5.74, 6) is 1.09. The first-order valence-corrected chi connectivity index (χ1v) is 8.43. The predicted molar refractivity (Wildman–Crippen MR) is 87.2 cm³/mol. The number of hydrogen-bond acceptors (Lipinski definition) is 4. The van der Waals surface area contributed by atoms with E-state index in [1.165, 1.54) is 0 Å². The van der Waals surface area contributed by atoms with Crippen molar-refractivity contribution in [1.82, 2.24) is 9.97 Å². The Balaban J connectivity index is 1.87. The fraction of sp³-hybridized carbons (Fsp3) is 0.429. The maximum atomic E-state index is 14.4. The smallest absolute Gasteiger partial charge is 0.225 e. The third-order valence-corrected chi connectivity index (χ3v) is 5.79. The predicted octanol–water partition coefficient (Wildman–Crippen LogP) is 3.92. The molecule has 2 aromatic rings. The molecule has 4 rings (SSSR count). The van der Waals surface area contributed by atoms with Crippen LogP contribution in [0.15, 0.2) is 10.5 Å². The van der Waals surface area contributed by atoms with Crippen molar-refractivity contribution in [3.8, 4) is 0 Å². The van der Waals surface area contributed by atoms with Crippen LogP contribution in [-0.4, -0.2) is 36.3 Å². The van der Waals surface area contributed by atoms with E-state index in [4.69, 9.17) is 27.9 Å². The number of ether oxygens (including phenoxy) is 1. The lowest BCUT2D eigenvalue weighted by atomic mass is 10.0. The Bertz CT molecular complexity index is 764. The van der Waals surface area contributed by atoms with Crippen molar-refractivity contribution in [2.45, 2.75) is 0 Å². The quantitative estimate of drug-likeness (QED) is 0.531. The fourth-order valence-electron chi connectivity index (χ4n) is 3.23. The molecule has 2 aliphatic heterocycles. The first-order valence-electron chi connectivity index (χ1n) is 6.88. The van der Waals surface area contributed by atoms with Gasteiger partial charge in [-0.2, -0.15) is 4.98 Å². The number of aromatic nitrogens is 2. The fourth-order valence-corrected chi connectivity index (χ4v) is 3.89. The molecule has 2 aliphatic rings. The second-order valence-corrected chi connectivity index (χ2v) is 7.20. The molecule has 2 atom stereocenters. The minimum Gasteiger partial charge on any atom is -0.381 e. The Kier molecular flexibility index (Phi) is 3.68. The third kappa shape index (κ3) is 2.28. The van der Waals surface area contributed by atoms with Gasteiger partial charge in [-0.1, -0.05) is 11.6 Å². The molecule has 0 N–H and O–H groups in total. The van der Waals surface area contributed by atoms with E-state index in [0.29, 0.717) is 28.1 Å². The van der Waals surface area contributed by atoms with Gasteiger partial charge in [0.2, 0.25) is 5.28 Å². The van der Waals surface area contributed by atoms with Gasteiger partial charge < -0.3 is 9.64 Å². The van der Waals surface area contributed by atoms with E-state index in [1.54, 1.807) is 6.07 Å². The minimum atomic E-state index is -0.518. The summed E-state index contributed by atoms with van der Waals surface area (Å²) in [5.41, 5.74) is 0.180. The topological polar surface area (TPSA) is 38.2 Å². The Hall–Kier alpha value is -0.690. The van der Waals surface area contributed by atoms with E-state index in [-0.39, 0.29) is 15.3 Å². The lowest BCUT2D eigenvalue weighted by molar-refractivity contribution is 0.177. The highest BCUT2D eigenvalue weighted by molar-refractivity contribution is 9.10. The van der Waals surface area contributed by atoms with Crippen molar-refractivity contribution in [2.24, 2.45) is 11.8 Å². The average molecular weight is 407 g/mol. The highest BCUT2D eigenvalue weighted by atomic mass is 79.9. The molecule has 4 nitrogen and oxygen atoms in total. The van der Waals surface area contributed by atoms with Crippen LogP contribution in [0.1, 0.15) is 0 Å². The molecule has 1 aromatic heterocycles. The van der Waals surface area contributed by atoms with Crippen molar-refractivity contribution in [3.63, 3.8) is 0 Å². The van der Waals surface area contributed by atoms with Crippen molar-refractivity contribution < 1.29 is 9.13 Å². The number of hydrogen-bond donors (Lipinski definition) is 0. The van der Waals surface area contributed by atoms with Gasteiger partial charge in [0.15, 0.2) is 5.82 Å². The lowest BCUT2D eigenvalue weighted by Crippen LogP contribution is -2.23. The number of halogens is 4. The van der Waals surface area contributed by atoms with Gasteiger partial charge in [-0.15, -0.1) is 0 Å². The van der Waals surface area contributed by atoms with Gasteiger partial charge in [0.25, 0.3) is 0 Å². The molecule has 8 heteroatoms. The third-order valence-electron chi connectivity index (χ3n) is 4.32. The summed E-state index contributed by atoms with van der Waals surface area (Å²) in [6.45, 7) is 3.17. The zero-order chi connectivity index (χ0) is 15.4. The molecule has 0 aliphatic carbocycles. The molecule has 1 aromatic carbocycles. The number of rotatable bonds is 1.